The number of carbonyl (C=O) groups excluding carboxylic acids is 3. The first-order chi connectivity index (χ1) is 32.5. The smallest absolute Gasteiger partial charge is 0.306 e. The average Bonchev–Trinajstić information content (AvgIpc) is 3.31. The molecule has 6 heteroatoms. The van der Waals surface area contributed by atoms with Crippen molar-refractivity contribution in [1.29, 1.82) is 0 Å². The molecular formula is C60H112O6. The summed E-state index contributed by atoms with van der Waals surface area (Å²) in [4.78, 5) is 38.1. The number of carbonyl (C=O) groups is 3. The minimum atomic E-state index is -0.771. The van der Waals surface area contributed by atoms with Crippen LogP contribution in [0.1, 0.15) is 323 Å². The van der Waals surface area contributed by atoms with E-state index in [0.717, 1.165) is 83.5 Å². The molecule has 0 saturated heterocycles. The molecule has 0 bridgehead atoms. The normalized spacial score (nSPS) is 12.1. The monoisotopic (exact) mass is 929 g/mol. The third-order valence-corrected chi connectivity index (χ3v) is 13.2. The number of allylic oxidation sites excluding steroid dienone is 4. The van der Waals surface area contributed by atoms with Gasteiger partial charge in [-0.1, -0.05) is 283 Å². The average molecular weight is 930 g/mol. The van der Waals surface area contributed by atoms with E-state index in [1.54, 1.807) is 0 Å². The van der Waals surface area contributed by atoms with Gasteiger partial charge in [0.1, 0.15) is 13.2 Å². The standard InChI is InChI=1S/C60H112O6/c1-4-7-10-13-16-19-22-25-27-28-29-30-31-32-33-36-38-41-44-47-50-53-59(62)65-56-57(55-64-58(61)52-49-46-43-40-37-34-24-21-18-15-12-9-6-3)66-60(63)54-51-48-45-42-39-35-26-23-20-17-14-11-8-5-2/h12,15,21,24,57H,4-11,13-14,16-20,22-23,25-56H2,1-3H3/b15-12-,24-21-. The van der Waals surface area contributed by atoms with E-state index in [1.807, 2.05) is 0 Å². The largest absolute Gasteiger partial charge is 0.462 e. The van der Waals surface area contributed by atoms with Crippen molar-refractivity contribution in [3.8, 4) is 0 Å². The fraction of sp³-hybridized carbons (Fsp3) is 0.883. The predicted octanol–water partition coefficient (Wildman–Crippen LogP) is 19.5. The van der Waals surface area contributed by atoms with Crippen molar-refractivity contribution in [3.63, 3.8) is 0 Å². The number of hydrogen-bond acceptors (Lipinski definition) is 6. The van der Waals surface area contributed by atoms with Crippen LogP contribution in [0.5, 0.6) is 0 Å². The first kappa shape index (κ1) is 63.9. The molecule has 66 heavy (non-hydrogen) atoms. The number of rotatable bonds is 54. The van der Waals surface area contributed by atoms with Crippen molar-refractivity contribution < 1.29 is 28.6 Å². The molecule has 0 fully saturated rings. The zero-order chi connectivity index (χ0) is 47.9. The quantitative estimate of drug-likeness (QED) is 0.0262. The van der Waals surface area contributed by atoms with E-state index in [0.29, 0.717) is 19.3 Å². The van der Waals surface area contributed by atoms with Gasteiger partial charge in [-0.15, -0.1) is 0 Å². The lowest BCUT2D eigenvalue weighted by Gasteiger charge is -2.18. The van der Waals surface area contributed by atoms with Crippen LogP contribution in [0.15, 0.2) is 24.3 Å². The van der Waals surface area contributed by atoms with Gasteiger partial charge in [-0.25, -0.2) is 0 Å². The Bertz CT molecular complexity index is 1070. The Kier molecular flexibility index (Phi) is 53.7. The first-order valence-electron chi connectivity index (χ1n) is 29.3. The summed E-state index contributed by atoms with van der Waals surface area (Å²) in [5.74, 6) is -0.863. The Morgan fingerprint density at radius 2 is 0.576 bits per heavy atom. The van der Waals surface area contributed by atoms with Crippen LogP contribution in [0.25, 0.3) is 0 Å². The summed E-state index contributed by atoms with van der Waals surface area (Å²) in [6.45, 7) is 6.62. The van der Waals surface area contributed by atoms with E-state index in [1.165, 1.54) is 199 Å². The van der Waals surface area contributed by atoms with E-state index in [9.17, 15) is 14.4 Å². The van der Waals surface area contributed by atoms with Crippen molar-refractivity contribution in [1.82, 2.24) is 0 Å². The van der Waals surface area contributed by atoms with Gasteiger partial charge < -0.3 is 14.2 Å². The summed E-state index contributed by atoms with van der Waals surface area (Å²) in [6, 6.07) is 0. The lowest BCUT2D eigenvalue weighted by Crippen LogP contribution is -2.30. The van der Waals surface area contributed by atoms with Gasteiger partial charge >= 0.3 is 17.9 Å². The molecule has 0 saturated carbocycles. The van der Waals surface area contributed by atoms with Gasteiger partial charge in [0, 0.05) is 19.3 Å². The fourth-order valence-corrected chi connectivity index (χ4v) is 8.78. The van der Waals surface area contributed by atoms with Crippen molar-refractivity contribution in [2.75, 3.05) is 13.2 Å². The summed E-state index contributed by atoms with van der Waals surface area (Å²) in [6.07, 6.45) is 64.6. The zero-order valence-corrected chi connectivity index (χ0v) is 44.5. The zero-order valence-electron chi connectivity index (χ0n) is 44.5. The van der Waals surface area contributed by atoms with Gasteiger partial charge in [0.05, 0.1) is 0 Å². The lowest BCUT2D eigenvalue weighted by atomic mass is 10.0. The number of hydrogen-bond donors (Lipinski definition) is 0. The fourth-order valence-electron chi connectivity index (χ4n) is 8.78. The molecule has 0 amide bonds. The van der Waals surface area contributed by atoms with Crippen molar-refractivity contribution in [2.45, 2.75) is 329 Å². The second-order valence-electron chi connectivity index (χ2n) is 19.9. The number of unbranched alkanes of at least 4 members (excludes halogenated alkanes) is 39. The lowest BCUT2D eigenvalue weighted by molar-refractivity contribution is -0.167. The molecule has 388 valence electrons. The Hall–Kier alpha value is -2.11. The van der Waals surface area contributed by atoms with Gasteiger partial charge in [-0.3, -0.25) is 14.4 Å². The molecule has 0 spiro atoms. The van der Waals surface area contributed by atoms with Crippen LogP contribution in [0.3, 0.4) is 0 Å². The summed E-state index contributed by atoms with van der Waals surface area (Å²) in [7, 11) is 0. The van der Waals surface area contributed by atoms with Crippen LogP contribution in [0.2, 0.25) is 0 Å². The van der Waals surface area contributed by atoms with E-state index in [-0.39, 0.29) is 31.1 Å². The van der Waals surface area contributed by atoms with E-state index in [4.69, 9.17) is 14.2 Å². The highest BCUT2D eigenvalue weighted by Crippen LogP contribution is 2.17. The molecule has 0 heterocycles. The third-order valence-electron chi connectivity index (χ3n) is 13.2. The van der Waals surface area contributed by atoms with Gasteiger partial charge in [0.25, 0.3) is 0 Å². The molecule has 6 nitrogen and oxygen atoms in total. The van der Waals surface area contributed by atoms with Crippen LogP contribution in [0, 0.1) is 0 Å². The first-order valence-corrected chi connectivity index (χ1v) is 29.3. The highest BCUT2D eigenvalue weighted by atomic mass is 16.6. The van der Waals surface area contributed by atoms with Crippen molar-refractivity contribution in [3.05, 3.63) is 24.3 Å². The molecule has 0 N–H and O–H groups in total. The van der Waals surface area contributed by atoms with Crippen LogP contribution in [-0.2, 0) is 28.6 Å². The molecular weight excluding hydrogens is 817 g/mol. The minimum Gasteiger partial charge on any atom is -0.462 e. The highest BCUT2D eigenvalue weighted by molar-refractivity contribution is 5.71. The van der Waals surface area contributed by atoms with Crippen LogP contribution < -0.4 is 0 Å². The Morgan fingerprint density at radius 1 is 0.303 bits per heavy atom. The molecule has 0 aliphatic carbocycles. The van der Waals surface area contributed by atoms with Crippen LogP contribution in [-0.4, -0.2) is 37.2 Å². The second-order valence-corrected chi connectivity index (χ2v) is 19.9. The molecule has 0 aromatic rings. The minimum absolute atomic E-state index is 0.0701. The Balaban J connectivity index is 4.26. The molecule has 0 rings (SSSR count). The number of esters is 3. The summed E-state index contributed by atoms with van der Waals surface area (Å²) >= 11 is 0. The van der Waals surface area contributed by atoms with Gasteiger partial charge in [-0.2, -0.15) is 0 Å². The van der Waals surface area contributed by atoms with Gasteiger partial charge in [0.15, 0.2) is 6.10 Å². The summed E-state index contributed by atoms with van der Waals surface area (Å²) < 4.78 is 16.9. The Labute approximate surface area is 411 Å². The van der Waals surface area contributed by atoms with Crippen LogP contribution >= 0.6 is 0 Å². The maximum absolute atomic E-state index is 12.8. The topological polar surface area (TPSA) is 78.9 Å². The third kappa shape index (κ3) is 52.9. The predicted molar refractivity (Wildman–Crippen MR) is 284 cm³/mol. The highest BCUT2D eigenvalue weighted by Gasteiger charge is 2.19. The molecule has 1 unspecified atom stereocenters. The van der Waals surface area contributed by atoms with E-state index in [2.05, 4.69) is 45.1 Å². The summed E-state index contributed by atoms with van der Waals surface area (Å²) in [5.41, 5.74) is 0. The van der Waals surface area contributed by atoms with E-state index >= 15 is 0 Å². The second kappa shape index (κ2) is 55.5. The molecule has 0 aromatic carbocycles. The van der Waals surface area contributed by atoms with Crippen molar-refractivity contribution >= 4 is 17.9 Å². The maximum Gasteiger partial charge on any atom is 0.306 e. The molecule has 0 aliphatic rings. The maximum atomic E-state index is 12.8. The van der Waals surface area contributed by atoms with E-state index < -0.39 is 6.10 Å². The van der Waals surface area contributed by atoms with Gasteiger partial charge in [-0.05, 0) is 44.9 Å². The SMILES string of the molecule is CCC/C=C\C/C=C\CCCCCCCC(=O)OCC(COC(=O)CCCCCCCCCCCCCCCCCCCCCCC)OC(=O)CCCCCCCCCCCCCCCC. The Morgan fingerprint density at radius 3 is 0.894 bits per heavy atom. The van der Waals surface area contributed by atoms with Gasteiger partial charge in [0.2, 0.25) is 0 Å². The molecule has 1 atom stereocenters. The van der Waals surface area contributed by atoms with Crippen LogP contribution in [0.4, 0.5) is 0 Å². The number of ether oxygens (including phenoxy) is 3. The molecule has 0 aliphatic heterocycles. The van der Waals surface area contributed by atoms with Crippen molar-refractivity contribution in [2.24, 2.45) is 0 Å². The summed E-state index contributed by atoms with van der Waals surface area (Å²) in [5, 5.41) is 0. The molecule has 0 radical (unpaired) electrons. The molecule has 0 aromatic heterocycles.